The number of anilines is 3. The van der Waals surface area contributed by atoms with Gasteiger partial charge in [-0.25, -0.2) is 4.79 Å². The maximum Gasteiger partial charge on any atom is 0.573 e. The minimum atomic E-state index is -4.82. The van der Waals surface area contributed by atoms with Crippen LogP contribution in [0.5, 0.6) is 5.75 Å². The van der Waals surface area contributed by atoms with E-state index in [9.17, 15) is 31.1 Å². The van der Waals surface area contributed by atoms with Gasteiger partial charge in [-0.05, 0) is 54.6 Å². The van der Waals surface area contributed by atoms with Crippen LogP contribution < -0.4 is 25.8 Å². The van der Waals surface area contributed by atoms with Crippen LogP contribution in [0.2, 0.25) is 0 Å². The summed E-state index contributed by atoms with van der Waals surface area (Å²) in [6.45, 7) is 0. The van der Waals surface area contributed by atoms with E-state index in [1.54, 1.807) is 0 Å². The topological polar surface area (TPSA) is 65.6 Å². The molecule has 0 aliphatic carbocycles. The van der Waals surface area contributed by atoms with Crippen LogP contribution in [0, 0.1) is 0 Å². The Kier molecular flexibility index (Phi) is 5.67. The summed E-state index contributed by atoms with van der Waals surface area (Å²) < 4.78 is 79.1. The molecule has 0 saturated heterocycles. The molecule has 1 aliphatic heterocycles. The number of alkyl halides is 6. The third kappa shape index (κ3) is 5.49. The molecule has 1 heterocycles. The largest absolute Gasteiger partial charge is 0.573 e. The quantitative estimate of drug-likeness (QED) is 0.595. The molecule has 30 heavy (non-hydrogen) atoms. The zero-order valence-electron chi connectivity index (χ0n) is 14.9. The molecule has 0 fully saturated rings. The van der Waals surface area contributed by atoms with Gasteiger partial charge in [-0.1, -0.05) is 0 Å². The van der Waals surface area contributed by atoms with E-state index in [4.69, 9.17) is 0 Å². The van der Waals surface area contributed by atoms with Crippen LogP contribution >= 0.6 is 0 Å². The number of carbonyl (C=O) groups excluding carboxylic acids is 1. The molecule has 1 unspecified atom stereocenters. The van der Waals surface area contributed by atoms with Gasteiger partial charge in [0.25, 0.3) is 0 Å². The minimum absolute atomic E-state index is 0.207. The maximum atomic E-state index is 13.0. The van der Waals surface area contributed by atoms with Gasteiger partial charge in [-0.15, -0.1) is 13.2 Å². The summed E-state index contributed by atoms with van der Waals surface area (Å²) in [6.07, 6.45) is -7.12. The van der Waals surface area contributed by atoms with Crippen LogP contribution in [0.25, 0.3) is 0 Å². The summed E-state index contributed by atoms with van der Waals surface area (Å²) in [5.41, 5.74) is 3.23. The molecular weight excluding hydrogens is 418 g/mol. The molecule has 0 aromatic heterocycles. The molecule has 0 spiro atoms. The van der Waals surface area contributed by atoms with Crippen LogP contribution in [0.1, 0.15) is 0 Å². The maximum absolute atomic E-state index is 13.0. The highest BCUT2D eigenvalue weighted by atomic mass is 19.4. The molecule has 0 saturated carbocycles. The van der Waals surface area contributed by atoms with Crippen molar-refractivity contribution in [3.05, 3.63) is 60.8 Å². The predicted molar refractivity (Wildman–Crippen MR) is 96.8 cm³/mol. The number of ether oxygens (including phenoxy) is 1. The fourth-order valence-corrected chi connectivity index (χ4v) is 2.61. The third-order valence-corrected chi connectivity index (χ3v) is 3.85. The highest BCUT2D eigenvalue weighted by Gasteiger charge is 2.44. The van der Waals surface area contributed by atoms with Crippen molar-refractivity contribution in [3.8, 4) is 5.75 Å². The highest BCUT2D eigenvalue weighted by molar-refractivity contribution is 5.99. The monoisotopic (exact) mass is 432 g/mol. The Balaban J connectivity index is 1.57. The first-order chi connectivity index (χ1) is 14.0. The Hall–Kier alpha value is -3.57. The molecule has 2 amide bonds. The number of hydrogen-bond donors (Lipinski definition) is 3. The van der Waals surface area contributed by atoms with Gasteiger partial charge < -0.3 is 20.8 Å². The second kappa shape index (κ2) is 8.05. The Bertz CT molecular complexity index is 910. The van der Waals surface area contributed by atoms with Crippen LogP contribution in [0.4, 0.5) is 48.2 Å². The van der Waals surface area contributed by atoms with E-state index in [1.165, 1.54) is 42.6 Å². The van der Waals surface area contributed by atoms with Crippen molar-refractivity contribution >= 4 is 23.1 Å². The van der Waals surface area contributed by atoms with Crippen LogP contribution in [0.3, 0.4) is 0 Å². The van der Waals surface area contributed by atoms with Crippen molar-refractivity contribution in [2.75, 3.05) is 15.6 Å². The van der Waals surface area contributed by atoms with Crippen LogP contribution in [0.15, 0.2) is 60.8 Å². The van der Waals surface area contributed by atoms with E-state index in [2.05, 4.69) is 20.8 Å². The number of halogens is 6. The summed E-state index contributed by atoms with van der Waals surface area (Å²) in [5, 5.41) is 5.80. The Morgan fingerprint density at radius 2 is 1.43 bits per heavy atom. The molecule has 12 heteroatoms. The van der Waals surface area contributed by atoms with E-state index < -0.39 is 30.4 Å². The molecule has 0 bridgehead atoms. The van der Waals surface area contributed by atoms with Crippen molar-refractivity contribution in [2.45, 2.75) is 18.6 Å². The molecule has 160 valence electrons. The Morgan fingerprint density at radius 3 is 1.93 bits per heavy atom. The zero-order chi connectivity index (χ0) is 21.9. The lowest BCUT2D eigenvalue weighted by molar-refractivity contribution is -0.274. The number of nitrogens with one attached hydrogen (secondary N) is 3. The average molecular weight is 432 g/mol. The molecule has 6 nitrogen and oxygen atoms in total. The SMILES string of the molecule is O=C(Nc1ccc(OC(F)(F)F)cc1)Nc1ccc(N2NC=CC2C(F)(F)F)cc1. The molecule has 3 N–H and O–H groups in total. The summed E-state index contributed by atoms with van der Waals surface area (Å²) >= 11 is 0. The fraction of sp³-hybridized carbons (Fsp3) is 0.167. The van der Waals surface area contributed by atoms with E-state index in [1.807, 2.05) is 0 Å². The normalized spacial score (nSPS) is 16.2. The van der Waals surface area contributed by atoms with Gasteiger partial charge in [0.15, 0.2) is 6.04 Å². The lowest BCUT2D eigenvalue weighted by atomic mass is 10.2. The number of amides is 2. The summed E-state index contributed by atoms with van der Waals surface area (Å²) in [7, 11) is 0. The highest BCUT2D eigenvalue weighted by Crippen LogP contribution is 2.31. The van der Waals surface area contributed by atoms with Gasteiger partial charge >= 0.3 is 18.6 Å². The minimum Gasteiger partial charge on any atom is -0.406 e. The van der Waals surface area contributed by atoms with Gasteiger partial charge in [-0.3, -0.25) is 5.01 Å². The first-order valence-corrected chi connectivity index (χ1v) is 8.34. The molecule has 2 aromatic carbocycles. The summed E-state index contributed by atoms with van der Waals surface area (Å²) in [5.74, 6) is -0.439. The summed E-state index contributed by atoms with van der Waals surface area (Å²) in [4.78, 5) is 12.0. The Labute approximate surface area is 166 Å². The van der Waals surface area contributed by atoms with Gasteiger partial charge in [-0.2, -0.15) is 13.2 Å². The van der Waals surface area contributed by atoms with Crippen molar-refractivity contribution in [1.29, 1.82) is 0 Å². The molecule has 1 atom stereocenters. The Morgan fingerprint density at radius 1 is 0.900 bits per heavy atom. The van der Waals surface area contributed by atoms with E-state index >= 15 is 0 Å². The molecular formula is C18H14F6N4O2. The second-order valence-electron chi connectivity index (χ2n) is 6.04. The first-order valence-electron chi connectivity index (χ1n) is 8.34. The van der Waals surface area contributed by atoms with Gasteiger partial charge in [0.05, 0.1) is 5.69 Å². The number of hydrazine groups is 1. The van der Waals surface area contributed by atoms with E-state index in [0.29, 0.717) is 5.69 Å². The lowest BCUT2D eigenvalue weighted by Crippen LogP contribution is -2.46. The number of nitrogens with zero attached hydrogens (tertiary/aromatic N) is 1. The number of hydrogen-bond acceptors (Lipinski definition) is 4. The fourth-order valence-electron chi connectivity index (χ4n) is 2.61. The van der Waals surface area contributed by atoms with E-state index in [0.717, 1.165) is 23.2 Å². The van der Waals surface area contributed by atoms with Crippen molar-refractivity contribution in [1.82, 2.24) is 5.43 Å². The van der Waals surface area contributed by atoms with Crippen molar-refractivity contribution in [3.63, 3.8) is 0 Å². The number of carbonyl (C=O) groups is 1. The van der Waals surface area contributed by atoms with Gasteiger partial charge in [0.1, 0.15) is 5.75 Å². The van der Waals surface area contributed by atoms with Gasteiger partial charge in [0.2, 0.25) is 0 Å². The first kappa shape index (κ1) is 21.1. The van der Waals surface area contributed by atoms with Crippen LogP contribution in [-0.2, 0) is 0 Å². The molecule has 1 aliphatic rings. The van der Waals surface area contributed by atoms with E-state index in [-0.39, 0.29) is 11.4 Å². The second-order valence-corrected chi connectivity index (χ2v) is 6.04. The standard InChI is InChI=1S/C18H14F6N4O2/c19-17(20,21)15-9-10-25-28(15)13-5-1-11(2-6-13)26-16(29)27-12-3-7-14(8-4-12)30-18(22,23)24/h1-10,15,25H,(H2,26,27,29). The lowest BCUT2D eigenvalue weighted by Gasteiger charge is -2.28. The van der Waals surface area contributed by atoms with Crippen LogP contribution in [-0.4, -0.2) is 24.6 Å². The zero-order valence-corrected chi connectivity index (χ0v) is 14.9. The molecule has 0 radical (unpaired) electrons. The molecule has 3 rings (SSSR count). The van der Waals surface area contributed by atoms with Crippen molar-refractivity contribution in [2.24, 2.45) is 0 Å². The molecule has 2 aromatic rings. The van der Waals surface area contributed by atoms with Gasteiger partial charge in [0, 0.05) is 17.6 Å². The number of urea groups is 1. The number of rotatable bonds is 4. The smallest absolute Gasteiger partial charge is 0.406 e. The average Bonchev–Trinajstić information content (AvgIpc) is 3.13. The third-order valence-electron chi connectivity index (χ3n) is 3.85. The number of benzene rings is 2. The predicted octanol–water partition coefficient (Wildman–Crippen LogP) is 5.00. The summed E-state index contributed by atoms with van der Waals surface area (Å²) in [6, 6.07) is 7.57. The van der Waals surface area contributed by atoms with Crippen molar-refractivity contribution < 1.29 is 35.9 Å².